The van der Waals surface area contributed by atoms with Crippen molar-refractivity contribution < 1.29 is 13.9 Å². The largest absolute Gasteiger partial charge is 0.397 e. The Morgan fingerprint density at radius 3 is 2.58 bits per heavy atom. The molecule has 8 atom stereocenters. The Morgan fingerprint density at radius 1 is 1.13 bits per heavy atom. The number of methoxy groups -OCH3 is 1. The lowest BCUT2D eigenvalue weighted by Crippen LogP contribution is -2.56. The molecule has 1 aromatic rings. The highest BCUT2D eigenvalue weighted by Crippen LogP contribution is 2.68. The first-order valence-corrected chi connectivity index (χ1v) is 15.3. The Hall–Kier alpha value is -1.37. The smallest absolute Gasteiger partial charge is 0.168 e. The highest BCUT2D eigenvalue weighted by Gasteiger charge is 2.62. The first-order chi connectivity index (χ1) is 18.1. The van der Waals surface area contributed by atoms with E-state index in [1.807, 2.05) is 21.0 Å². The van der Waals surface area contributed by atoms with Gasteiger partial charge in [0, 0.05) is 13.0 Å². The van der Waals surface area contributed by atoms with Gasteiger partial charge in [0.15, 0.2) is 11.6 Å². The fourth-order valence-corrected chi connectivity index (χ4v) is 9.70. The van der Waals surface area contributed by atoms with E-state index in [9.17, 15) is 9.18 Å². The topological polar surface area (TPSA) is 81.6 Å². The van der Waals surface area contributed by atoms with Crippen molar-refractivity contribution in [2.45, 2.75) is 85.5 Å². The van der Waals surface area contributed by atoms with Crippen LogP contribution in [-0.4, -0.2) is 26.0 Å². The lowest BCUT2D eigenvalue weighted by Gasteiger charge is -2.62. The molecule has 4 fully saturated rings. The van der Waals surface area contributed by atoms with Crippen LogP contribution in [0.4, 0.5) is 15.8 Å². The zero-order chi connectivity index (χ0) is 27.8. The zero-order valence-electron chi connectivity index (χ0n) is 24.1. The van der Waals surface area contributed by atoms with E-state index in [-0.39, 0.29) is 40.1 Å². The minimum Gasteiger partial charge on any atom is -0.397 e. The number of nitrogens with two attached hydrogens (primary N) is 2. The van der Waals surface area contributed by atoms with Gasteiger partial charge in [-0.1, -0.05) is 45.7 Å². The summed E-state index contributed by atoms with van der Waals surface area (Å²) in [4.78, 5) is 13.6. The molecular weight excluding hydrogens is 501 g/mol. The van der Waals surface area contributed by atoms with Gasteiger partial charge in [0.25, 0.3) is 0 Å². The molecule has 0 spiro atoms. The summed E-state index contributed by atoms with van der Waals surface area (Å²) in [5.41, 5.74) is 6.46. The molecule has 0 aromatic heterocycles. The number of carbonyl (C=O) groups is 1. The standard InChI is InChI=1S/C29H43ClFN3O2.C2H6/c1-17-10-13-29(16-36-3)18(14-17)4-5-19-20-6-7-22(28(20,2)12-11-21(19)29)25(35)15-34(33)27-24(32)9-8-23(30)26(27)31;1-2/h8-9,17-22H,4-7,10-16,32-33H2,1-3H3;1-2H3. The minimum absolute atomic E-state index is 0.00520. The molecule has 214 valence electrons. The van der Waals surface area contributed by atoms with Crippen molar-refractivity contribution in [2.75, 3.05) is 31.0 Å². The summed E-state index contributed by atoms with van der Waals surface area (Å²) in [5, 5.41) is 1.11. The number of hydrogen-bond donors (Lipinski definition) is 2. The molecule has 38 heavy (non-hydrogen) atoms. The number of ether oxygens (including phenoxy) is 1. The molecule has 0 saturated heterocycles. The van der Waals surface area contributed by atoms with Gasteiger partial charge in [-0.2, -0.15) is 0 Å². The Labute approximate surface area is 234 Å². The van der Waals surface area contributed by atoms with Gasteiger partial charge in [-0.15, -0.1) is 0 Å². The molecule has 5 nitrogen and oxygen atoms in total. The monoisotopic (exact) mass is 549 g/mol. The lowest BCUT2D eigenvalue weighted by atomic mass is 9.44. The van der Waals surface area contributed by atoms with Crippen molar-refractivity contribution in [1.82, 2.24) is 0 Å². The normalized spacial score (nSPS) is 37.8. The van der Waals surface area contributed by atoms with E-state index < -0.39 is 5.82 Å². The van der Waals surface area contributed by atoms with Gasteiger partial charge in [0.05, 0.1) is 23.9 Å². The summed E-state index contributed by atoms with van der Waals surface area (Å²) in [6.45, 7) is 9.58. The van der Waals surface area contributed by atoms with Gasteiger partial charge >= 0.3 is 0 Å². The molecule has 4 N–H and O–H groups in total. The van der Waals surface area contributed by atoms with Crippen LogP contribution in [0.5, 0.6) is 0 Å². The van der Waals surface area contributed by atoms with E-state index in [1.54, 1.807) is 0 Å². The number of Topliss-reactive ketones (excluding diaryl/α,β-unsaturated/α-hetero) is 1. The number of ketones is 1. The van der Waals surface area contributed by atoms with Crippen LogP contribution in [0.15, 0.2) is 12.1 Å². The minimum atomic E-state index is -0.676. The lowest BCUT2D eigenvalue weighted by molar-refractivity contribution is -0.154. The number of hydrogen-bond acceptors (Lipinski definition) is 5. The van der Waals surface area contributed by atoms with Crippen LogP contribution in [-0.2, 0) is 9.53 Å². The van der Waals surface area contributed by atoms with Crippen molar-refractivity contribution in [3.05, 3.63) is 23.0 Å². The van der Waals surface area contributed by atoms with E-state index in [0.29, 0.717) is 23.2 Å². The molecule has 0 aliphatic heterocycles. The van der Waals surface area contributed by atoms with E-state index in [4.69, 9.17) is 27.9 Å². The van der Waals surface area contributed by atoms with E-state index in [2.05, 4.69) is 13.8 Å². The summed E-state index contributed by atoms with van der Waals surface area (Å²) in [5.74, 6) is 9.07. The maximum Gasteiger partial charge on any atom is 0.168 e. The van der Waals surface area contributed by atoms with E-state index in [0.717, 1.165) is 42.7 Å². The molecule has 0 heterocycles. The van der Waals surface area contributed by atoms with Gasteiger partial charge in [0.1, 0.15) is 5.69 Å². The van der Waals surface area contributed by atoms with Crippen LogP contribution in [0.2, 0.25) is 5.02 Å². The fraction of sp³-hybridized carbons (Fsp3) is 0.774. The molecule has 7 heteroatoms. The molecule has 5 rings (SSSR count). The predicted molar refractivity (Wildman–Crippen MR) is 154 cm³/mol. The van der Waals surface area contributed by atoms with Crippen LogP contribution >= 0.6 is 11.6 Å². The summed E-state index contributed by atoms with van der Waals surface area (Å²) < 4.78 is 20.6. The van der Waals surface area contributed by atoms with Crippen molar-refractivity contribution in [2.24, 2.45) is 52.2 Å². The number of anilines is 2. The maximum atomic E-state index is 14.7. The molecule has 0 amide bonds. The quantitative estimate of drug-likeness (QED) is 0.222. The van der Waals surface area contributed by atoms with Crippen molar-refractivity contribution in [3.8, 4) is 0 Å². The summed E-state index contributed by atoms with van der Waals surface area (Å²) in [6, 6.07) is 2.93. The predicted octanol–water partition coefficient (Wildman–Crippen LogP) is 7.26. The number of halogens is 2. The van der Waals surface area contributed by atoms with E-state index >= 15 is 0 Å². The maximum absolute atomic E-state index is 14.7. The number of carbonyl (C=O) groups excluding carboxylic acids is 1. The first-order valence-electron chi connectivity index (χ1n) is 14.9. The van der Waals surface area contributed by atoms with Crippen LogP contribution in [0.1, 0.15) is 85.5 Å². The molecule has 1 aromatic carbocycles. The molecule has 8 unspecified atom stereocenters. The second-order valence-electron chi connectivity index (χ2n) is 12.8. The second kappa shape index (κ2) is 11.6. The highest BCUT2D eigenvalue weighted by atomic mass is 35.5. The highest BCUT2D eigenvalue weighted by molar-refractivity contribution is 6.31. The molecular formula is C31H49ClFN3O2. The number of fused-ring (bicyclic) bond motifs is 5. The van der Waals surface area contributed by atoms with Crippen LogP contribution in [0.3, 0.4) is 0 Å². The molecule has 0 radical (unpaired) electrons. The third-order valence-corrected chi connectivity index (χ3v) is 11.4. The molecule has 4 aliphatic carbocycles. The van der Waals surface area contributed by atoms with Crippen LogP contribution in [0, 0.1) is 52.2 Å². The molecule has 4 aliphatic rings. The third kappa shape index (κ3) is 4.88. The number of nitrogen functional groups attached to an aromatic ring is 1. The Bertz CT molecular complexity index is 1010. The van der Waals surface area contributed by atoms with Gasteiger partial charge in [-0.05, 0) is 104 Å². The van der Waals surface area contributed by atoms with Crippen LogP contribution in [0.25, 0.3) is 0 Å². The average Bonchev–Trinajstić information content (AvgIpc) is 3.25. The van der Waals surface area contributed by atoms with Crippen LogP contribution < -0.4 is 16.6 Å². The average molecular weight is 550 g/mol. The Morgan fingerprint density at radius 2 is 1.87 bits per heavy atom. The van der Waals surface area contributed by atoms with Crippen molar-refractivity contribution in [1.29, 1.82) is 0 Å². The summed E-state index contributed by atoms with van der Waals surface area (Å²) in [7, 11) is 1.87. The van der Waals surface area contributed by atoms with Gasteiger partial charge in [-0.3, -0.25) is 9.80 Å². The number of rotatable bonds is 6. The number of nitrogens with zero attached hydrogens (tertiary/aromatic N) is 1. The third-order valence-electron chi connectivity index (χ3n) is 11.1. The summed E-state index contributed by atoms with van der Waals surface area (Å²) in [6.07, 6.45) is 10.7. The summed E-state index contributed by atoms with van der Waals surface area (Å²) >= 11 is 5.96. The first kappa shape index (κ1) is 29.6. The van der Waals surface area contributed by atoms with Gasteiger partial charge in [-0.25, -0.2) is 10.2 Å². The molecule has 0 bridgehead atoms. The van der Waals surface area contributed by atoms with Gasteiger partial charge < -0.3 is 10.5 Å². The SMILES string of the molecule is CC.COCC12CCC(C)CC1CCC1C3CCC(C(=O)CN(N)c4c(N)ccc(Cl)c4F)C3(C)CCC12. The van der Waals surface area contributed by atoms with Crippen molar-refractivity contribution in [3.63, 3.8) is 0 Å². The molecule has 4 saturated carbocycles. The van der Waals surface area contributed by atoms with Gasteiger partial charge in [0.2, 0.25) is 0 Å². The number of hydrazine groups is 1. The Kier molecular flexibility index (Phi) is 9.06. The Balaban J connectivity index is 0.00000164. The van der Waals surface area contributed by atoms with Crippen molar-refractivity contribution >= 4 is 28.8 Å². The number of benzene rings is 1. The van der Waals surface area contributed by atoms with E-state index in [1.165, 1.54) is 50.7 Å². The second-order valence-corrected chi connectivity index (χ2v) is 13.2. The fourth-order valence-electron chi connectivity index (χ4n) is 9.55. The zero-order valence-corrected chi connectivity index (χ0v) is 24.8.